The van der Waals surface area contributed by atoms with Crippen molar-refractivity contribution in [3.63, 3.8) is 0 Å². The first-order valence-corrected chi connectivity index (χ1v) is 12.4. The van der Waals surface area contributed by atoms with Crippen LogP contribution in [0.15, 0.2) is 58.5 Å². The number of halogens is 1. The van der Waals surface area contributed by atoms with E-state index in [2.05, 4.69) is 14.9 Å². The number of aromatic nitrogens is 2. The molecule has 178 valence electrons. The topological polar surface area (TPSA) is 78.5 Å². The van der Waals surface area contributed by atoms with Crippen LogP contribution >= 0.6 is 23.4 Å². The number of aryl methyl sites for hydroxylation is 1. The van der Waals surface area contributed by atoms with Crippen LogP contribution in [-0.4, -0.2) is 54.1 Å². The molecule has 0 unspecified atom stereocenters. The molecule has 1 amide bonds. The maximum atomic E-state index is 12.9. The summed E-state index contributed by atoms with van der Waals surface area (Å²) in [5, 5.41) is 1.24. The minimum atomic E-state index is -0.256. The number of anilines is 1. The van der Waals surface area contributed by atoms with Gasteiger partial charge in [-0.25, -0.2) is 4.98 Å². The zero-order chi connectivity index (χ0) is 24.1. The van der Waals surface area contributed by atoms with E-state index in [0.717, 1.165) is 30.1 Å². The van der Waals surface area contributed by atoms with Crippen LogP contribution in [0.5, 0.6) is 5.75 Å². The molecule has 2 aromatic carbocycles. The number of hydrogen-bond donors (Lipinski definition) is 1. The van der Waals surface area contributed by atoms with Crippen LogP contribution in [0.1, 0.15) is 16.8 Å². The number of carbonyl (C=O) groups is 1. The van der Waals surface area contributed by atoms with Gasteiger partial charge in [0, 0.05) is 53.9 Å². The molecule has 0 saturated carbocycles. The van der Waals surface area contributed by atoms with Gasteiger partial charge < -0.3 is 19.5 Å². The monoisotopic (exact) mass is 498 g/mol. The van der Waals surface area contributed by atoms with Gasteiger partial charge in [0.2, 0.25) is 5.91 Å². The van der Waals surface area contributed by atoms with E-state index in [4.69, 9.17) is 16.3 Å². The van der Waals surface area contributed by atoms with Crippen LogP contribution in [-0.2, 0) is 17.0 Å². The predicted molar refractivity (Wildman–Crippen MR) is 136 cm³/mol. The Hall–Kier alpha value is -2.97. The van der Waals surface area contributed by atoms with Gasteiger partial charge in [0.15, 0.2) is 5.16 Å². The van der Waals surface area contributed by atoms with Gasteiger partial charge in [-0.2, -0.15) is 0 Å². The highest BCUT2D eigenvalue weighted by Crippen LogP contribution is 2.22. The van der Waals surface area contributed by atoms with Crippen molar-refractivity contribution < 1.29 is 9.53 Å². The average molecular weight is 499 g/mol. The molecular formula is C25H27ClN4O3S. The molecule has 34 heavy (non-hydrogen) atoms. The second kappa shape index (κ2) is 11.0. The number of thioether (sulfide) groups is 1. The molecule has 1 aliphatic heterocycles. The molecule has 0 spiro atoms. The highest BCUT2D eigenvalue weighted by Gasteiger charge is 2.23. The number of hydrogen-bond acceptors (Lipinski definition) is 6. The lowest BCUT2D eigenvalue weighted by Gasteiger charge is -2.36. The SMILES string of the molecule is COc1cccc(CSc2nc(C)c(CC(=O)N3CCN(c4ccc(Cl)cc4)CC3)c(=O)[nH]2)c1. The molecule has 0 radical (unpaired) electrons. The minimum Gasteiger partial charge on any atom is -0.497 e. The summed E-state index contributed by atoms with van der Waals surface area (Å²) in [6, 6.07) is 15.5. The van der Waals surface area contributed by atoms with E-state index < -0.39 is 0 Å². The summed E-state index contributed by atoms with van der Waals surface area (Å²) in [5.74, 6) is 1.39. The van der Waals surface area contributed by atoms with Crippen molar-refractivity contribution in [2.24, 2.45) is 0 Å². The molecule has 7 nitrogen and oxygen atoms in total. The van der Waals surface area contributed by atoms with E-state index >= 15 is 0 Å². The molecule has 1 fully saturated rings. The highest BCUT2D eigenvalue weighted by molar-refractivity contribution is 7.98. The van der Waals surface area contributed by atoms with Crippen LogP contribution in [0.3, 0.4) is 0 Å². The van der Waals surface area contributed by atoms with Gasteiger partial charge in [0.25, 0.3) is 5.56 Å². The van der Waals surface area contributed by atoms with Gasteiger partial charge in [0.05, 0.1) is 13.5 Å². The van der Waals surface area contributed by atoms with Crippen molar-refractivity contribution >= 4 is 35.0 Å². The zero-order valence-corrected chi connectivity index (χ0v) is 20.8. The second-order valence-electron chi connectivity index (χ2n) is 8.10. The third-order valence-electron chi connectivity index (χ3n) is 5.86. The number of methoxy groups -OCH3 is 1. The summed E-state index contributed by atoms with van der Waals surface area (Å²) < 4.78 is 5.25. The van der Waals surface area contributed by atoms with Gasteiger partial charge in [-0.3, -0.25) is 9.59 Å². The zero-order valence-electron chi connectivity index (χ0n) is 19.2. The van der Waals surface area contributed by atoms with Gasteiger partial charge >= 0.3 is 0 Å². The van der Waals surface area contributed by atoms with E-state index in [-0.39, 0.29) is 17.9 Å². The van der Waals surface area contributed by atoms with E-state index in [1.54, 1.807) is 14.0 Å². The molecule has 9 heteroatoms. The smallest absolute Gasteiger partial charge is 0.255 e. The Morgan fingerprint density at radius 1 is 1.15 bits per heavy atom. The molecule has 0 atom stereocenters. The third kappa shape index (κ3) is 5.93. The average Bonchev–Trinajstić information content (AvgIpc) is 2.85. The predicted octanol–water partition coefficient (Wildman–Crippen LogP) is 3.92. The van der Waals surface area contributed by atoms with Crippen LogP contribution in [0.2, 0.25) is 5.02 Å². The van der Waals surface area contributed by atoms with Gasteiger partial charge in [-0.15, -0.1) is 0 Å². The fourth-order valence-electron chi connectivity index (χ4n) is 3.90. The Morgan fingerprint density at radius 2 is 1.88 bits per heavy atom. The van der Waals surface area contributed by atoms with Crippen molar-refractivity contribution in [1.29, 1.82) is 0 Å². The van der Waals surface area contributed by atoms with Gasteiger partial charge in [-0.05, 0) is 48.9 Å². The number of aromatic amines is 1. The lowest BCUT2D eigenvalue weighted by atomic mass is 10.1. The Morgan fingerprint density at radius 3 is 2.56 bits per heavy atom. The van der Waals surface area contributed by atoms with Crippen LogP contribution < -0.4 is 15.2 Å². The van der Waals surface area contributed by atoms with Crippen molar-refractivity contribution in [2.75, 3.05) is 38.2 Å². The fraction of sp³-hybridized carbons (Fsp3) is 0.320. The van der Waals surface area contributed by atoms with Crippen molar-refractivity contribution in [2.45, 2.75) is 24.3 Å². The van der Waals surface area contributed by atoms with Crippen LogP contribution in [0.4, 0.5) is 5.69 Å². The lowest BCUT2D eigenvalue weighted by molar-refractivity contribution is -0.130. The molecule has 1 N–H and O–H groups in total. The summed E-state index contributed by atoms with van der Waals surface area (Å²) >= 11 is 7.42. The number of nitrogens with one attached hydrogen (secondary N) is 1. The number of rotatable bonds is 7. The van der Waals surface area contributed by atoms with Gasteiger partial charge in [-0.1, -0.05) is 35.5 Å². The Bertz CT molecular complexity index is 1210. The summed E-state index contributed by atoms with van der Waals surface area (Å²) in [7, 11) is 1.63. The maximum Gasteiger partial charge on any atom is 0.255 e. The quantitative estimate of drug-likeness (QED) is 0.393. The molecule has 0 bridgehead atoms. The highest BCUT2D eigenvalue weighted by atomic mass is 35.5. The Balaban J connectivity index is 1.34. The number of amides is 1. The maximum absolute atomic E-state index is 12.9. The molecule has 1 saturated heterocycles. The number of ether oxygens (including phenoxy) is 1. The van der Waals surface area contributed by atoms with Crippen molar-refractivity contribution in [3.05, 3.63) is 80.7 Å². The summed E-state index contributed by atoms with van der Waals surface area (Å²) in [6.07, 6.45) is 0.0515. The molecule has 1 aromatic heterocycles. The van der Waals surface area contributed by atoms with Crippen LogP contribution in [0, 0.1) is 6.92 Å². The van der Waals surface area contributed by atoms with E-state index in [0.29, 0.717) is 40.3 Å². The van der Waals surface area contributed by atoms with Crippen molar-refractivity contribution in [3.8, 4) is 5.75 Å². The minimum absolute atomic E-state index is 0.0515. The summed E-state index contributed by atoms with van der Waals surface area (Å²) in [5.41, 5.74) is 2.92. The fourth-order valence-corrected chi connectivity index (χ4v) is 4.88. The lowest BCUT2D eigenvalue weighted by Crippen LogP contribution is -2.49. The largest absolute Gasteiger partial charge is 0.497 e. The summed E-state index contributed by atoms with van der Waals surface area (Å²) in [4.78, 5) is 37.1. The van der Waals surface area contributed by atoms with Crippen LogP contribution in [0.25, 0.3) is 0 Å². The number of nitrogens with zero attached hydrogens (tertiary/aromatic N) is 3. The van der Waals surface area contributed by atoms with Crippen molar-refractivity contribution in [1.82, 2.24) is 14.9 Å². The number of carbonyl (C=O) groups excluding carboxylic acids is 1. The molecule has 2 heterocycles. The van der Waals surface area contributed by atoms with E-state index in [1.165, 1.54) is 11.8 Å². The number of H-pyrrole nitrogens is 1. The molecule has 0 aliphatic carbocycles. The van der Waals surface area contributed by atoms with E-state index in [9.17, 15) is 9.59 Å². The van der Waals surface area contributed by atoms with Gasteiger partial charge in [0.1, 0.15) is 5.75 Å². The standard InChI is InChI=1S/C25H27ClN4O3S/c1-17-22(24(32)28-25(27-17)34-16-18-4-3-5-21(14-18)33-2)15-23(31)30-12-10-29(11-13-30)20-8-6-19(26)7-9-20/h3-9,14H,10-13,15-16H2,1-2H3,(H,27,28,32). The third-order valence-corrected chi connectivity index (χ3v) is 7.06. The Kier molecular flexibility index (Phi) is 7.80. The number of benzene rings is 2. The molecule has 4 rings (SSSR count). The summed E-state index contributed by atoms with van der Waals surface area (Å²) in [6.45, 7) is 4.48. The first kappa shape index (κ1) is 24.2. The first-order valence-electron chi connectivity index (χ1n) is 11.1. The molecule has 3 aromatic rings. The first-order chi connectivity index (χ1) is 16.4. The normalized spacial score (nSPS) is 13.7. The number of piperazine rings is 1. The second-order valence-corrected chi connectivity index (χ2v) is 9.50. The molecular weight excluding hydrogens is 472 g/mol. The Labute approximate surface area is 208 Å². The molecule has 1 aliphatic rings. The van der Waals surface area contributed by atoms with E-state index in [1.807, 2.05) is 53.4 Å².